The molecule has 30 heavy (non-hydrogen) atoms. The topological polar surface area (TPSA) is 95.7 Å². The summed E-state index contributed by atoms with van der Waals surface area (Å²) in [4.78, 5) is 12.8. The summed E-state index contributed by atoms with van der Waals surface area (Å²) in [6.45, 7) is 8.83. The highest BCUT2D eigenvalue weighted by Crippen LogP contribution is 2.39. The van der Waals surface area contributed by atoms with E-state index < -0.39 is 5.91 Å². The molecule has 0 aliphatic carbocycles. The van der Waals surface area contributed by atoms with Gasteiger partial charge in [0.25, 0.3) is 5.91 Å². The highest BCUT2D eigenvalue weighted by Gasteiger charge is 2.20. The first-order valence-corrected chi connectivity index (χ1v) is 9.84. The zero-order valence-corrected chi connectivity index (χ0v) is 17.5. The summed E-state index contributed by atoms with van der Waals surface area (Å²) in [5.41, 5.74) is 2.17. The number of hydrogen-bond donors (Lipinski definition) is 1. The number of carbonyl (C=O) groups excluding carboxylic acids is 1. The van der Waals surface area contributed by atoms with Crippen LogP contribution in [0.25, 0.3) is 11.5 Å². The first-order chi connectivity index (χ1) is 14.5. The largest absolute Gasteiger partial charge is 0.490 e. The first kappa shape index (κ1) is 21.2. The monoisotopic (exact) mass is 411 g/mol. The smallest absolute Gasteiger partial charge is 0.322 e. The molecule has 1 N–H and O–H groups in total. The number of hydrogen-bond acceptors (Lipinski definition) is 7. The Morgan fingerprint density at radius 2 is 1.63 bits per heavy atom. The zero-order chi connectivity index (χ0) is 21.5. The first-order valence-electron chi connectivity index (χ1n) is 9.84. The van der Waals surface area contributed by atoms with E-state index >= 15 is 0 Å². The summed E-state index contributed by atoms with van der Waals surface area (Å²) in [6.07, 6.45) is 0. The molecular formula is C22H25N3O5. The third-order valence-corrected chi connectivity index (χ3v) is 4.08. The molecule has 0 aliphatic heterocycles. The van der Waals surface area contributed by atoms with Gasteiger partial charge >= 0.3 is 6.01 Å². The maximum atomic E-state index is 12.8. The van der Waals surface area contributed by atoms with Crippen LogP contribution >= 0.6 is 0 Å². The van der Waals surface area contributed by atoms with Crippen LogP contribution in [0, 0.1) is 6.92 Å². The Bertz CT molecular complexity index is 989. The Kier molecular flexibility index (Phi) is 6.90. The normalized spacial score (nSPS) is 10.5. The number of amides is 1. The van der Waals surface area contributed by atoms with Crippen LogP contribution in [0.3, 0.4) is 0 Å². The van der Waals surface area contributed by atoms with Crippen molar-refractivity contribution >= 4 is 11.9 Å². The van der Waals surface area contributed by atoms with Gasteiger partial charge in [0.1, 0.15) is 0 Å². The lowest BCUT2D eigenvalue weighted by molar-refractivity contribution is 0.102. The molecule has 0 saturated heterocycles. The maximum Gasteiger partial charge on any atom is 0.322 e. The van der Waals surface area contributed by atoms with Gasteiger partial charge < -0.3 is 18.6 Å². The minimum Gasteiger partial charge on any atom is -0.490 e. The van der Waals surface area contributed by atoms with Crippen molar-refractivity contribution in [2.75, 3.05) is 25.1 Å². The van der Waals surface area contributed by atoms with E-state index in [9.17, 15) is 4.79 Å². The molecule has 0 spiro atoms. The Balaban J connectivity index is 1.86. The average molecular weight is 411 g/mol. The van der Waals surface area contributed by atoms with Gasteiger partial charge in [0.05, 0.1) is 19.8 Å². The van der Waals surface area contributed by atoms with Crippen molar-refractivity contribution in [3.05, 3.63) is 47.5 Å². The number of rotatable bonds is 9. The third kappa shape index (κ3) is 4.89. The van der Waals surface area contributed by atoms with Gasteiger partial charge in [0.2, 0.25) is 11.6 Å². The predicted molar refractivity (Wildman–Crippen MR) is 112 cm³/mol. The van der Waals surface area contributed by atoms with Gasteiger partial charge in [0, 0.05) is 11.1 Å². The second-order valence-electron chi connectivity index (χ2n) is 6.34. The Morgan fingerprint density at radius 3 is 2.23 bits per heavy atom. The van der Waals surface area contributed by atoms with Crippen molar-refractivity contribution in [1.82, 2.24) is 10.2 Å². The van der Waals surface area contributed by atoms with Crippen molar-refractivity contribution in [2.24, 2.45) is 0 Å². The van der Waals surface area contributed by atoms with Gasteiger partial charge in [0.15, 0.2) is 11.5 Å². The van der Waals surface area contributed by atoms with Crippen molar-refractivity contribution in [3.63, 3.8) is 0 Å². The van der Waals surface area contributed by atoms with Gasteiger partial charge in [-0.1, -0.05) is 22.8 Å². The second kappa shape index (κ2) is 9.78. The minimum atomic E-state index is -0.431. The molecule has 8 heteroatoms. The molecule has 1 heterocycles. The highest BCUT2D eigenvalue weighted by molar-refractivity contribution is 6.04. The van der Waals surface area contributed by atoms with E-state index in [1.165, 1.54) is 0 Å². The molecule has 0 atom stereocenters. The molecule has 158 valence electrons. The van der Waals surface area contributed by atoms with Crippen LogP contribution < -0.4 is 19.5 Å². The number of aryl methyl sites for hydroxylation is 1. The fourth-order valence-corrected chi connectivity index (χ4v) is 2.86. The molecule has 2 aromatic carbocycles. The molecule has 0 bridgehead atoms. The molecule has 3 rings (SSSR count). The number of ether oxygens (including phenoxy) is 3. The maximum absolute atomic E-state index is 12.8. The van der Waals surface area contributed by atoms with Crippen LogP contribution in [0.5, 0.6) is 17.2 Å². The van der Waals surface area contributed by atoms with E-state index in [-0.39, 0.29) is 6.01 Å². The predicted octanol–water partition coefficient (Wildman–Crippen LogP) is 4.49. The van der Waals surface area contributed by atoms with E-state index in [0.29, 0.717) is 48.5 Å². The molecule has 3 aromatic rings. The number of anilines is 1. The van der Waals surface area contributed by atoms with Crippen molar-refractivity contribution in [2.45, 2.75) is 27.7 Å². The quantitative estimate of drug-likeness (QED) is 0.554. The summed E-state index contributed by atoms with van der Waals surface area (Å²) in [5, 5.41) is 10.5. The molecule has 0 unspecified atom stereocenters. The van der Waals surface area contributed by atoms with Crippen LogP contribution in [0.15, 0.2) is 40.8 Å². The molecule has 8 nitrogen and oxygen atoms in total. The lowest BCUT2D eigenvalue weighted by Crippen LogP contribution is -2.13. The van der Waals surface area contributed by atoms with Crippen LogP contribution in [-0.2, 0) is 0 Å². The fourth-order valence-electron chi connectivity index (χ4n) is 2.86. The van der Waals surface area contributed by atoms with Gasteiger partial charge in [-0.2, -0.15) is 0 Å². The minimum absolute atomic E-state index is 0.00121. The van der Waals surface area contributed by atoms with Gasteiger partial charge in [-0.15, -0.1) is 5.10 Å². The van der Waals surface area contributed by atoms with Crippen molar-refractivity contribution in [1.29, 1.82) is 0 Å². The van der Waals surface area contributed by atoms with Crippen LogP contribution in [0.2, 0.25) is 0 Å². The number of nitrogens with one attached hydrogen (secondary N) is 1. The van der Waals surface area contributed by atoms with Gasteiger partial charge in [-0.25, -0.2) is 0 Å². The number of benzene rings is 2. The molecule has 0 aliphatic rings. The molecule has 1 amide bonds. The van der Waals surface area contributed by atoms with E-state index in [4.69, 9.17) is 18.6 Å². The SMILES string of the molecule is CCOc1cc(C(=O)Nc2nnc(-c3cccc(C)c3)o2)cc(OCC)c1OCC. The molecule has 1 aromatic heterocycles. The summed E-state index contributed by atoms with van der Waals surface area (Å²) >= 11 is 0. The summed E-state index contributed by atoms with van der Waals surface area (Å²) in [5.74, 6) is 1.23. The molecule has 0 radical (unpaired) electrons. The van der Waals surface area contributed by atoms with Crippen LogP contribution in [0.1, 0.15) is 36.7 Å². The van der Waals surface area contributed by atoms with E-state index in [1.54, 1.807) is 12.1 Å². The average Bonchev–Trinajstić information content (AvgIpc) is 3.19. The highest BCUT2D eigenvalue weighted by atomic mass is 16.5. The van der Waals surface area contributed by atoms with Gasteiger partial charge in [-0.3, -0.25) is 10.1 Å². The number of carbonyl (C=O) groups is 1. The molecular weight excluding hydrogens is 386 g/mol. The van der Waals surface area contributed by atoms with E-state index in [1.807, 2.05) is 52.0 Å². The summed E-state index contributed by atoms with van der Waals surface area (Å²) in [6, 6.07) is 10.9. The lowest BCUT2D eigenvalue weighted by Gasteiger charge is -2.16. The Hall–Kier alpha value is -3.55. The Morgan fingerprint density at radius 1 is 0.967 bits per heavy atom. The van der Waals surface area contributed by atoms with E-state index in [0.717, 1.165) is 11.1 Å². The van der Waals surface area contributed by atoms with Crippen molar-refractivity contribution < 1.29 is 23.4 Å². The third-order valence-electron chi connectivity index (χ3n) is 4.08. The number of aromatic nitrogens is 2. The van der Waals surface area contributed by atoms with Crippen molar-refractivity contribution in [3.8, 4) is 28.7 Å². The number of nitrogens with zero attached hydrogens (tertiary/aromatic N) is 2. The molecule has 0 fully saturated rings. The standard InChI is InChI=1S/C22H25N3O5/c1-5-27-17-12-16(13-18(28-6-2)19(17)29-7-3)20(26)23-22-25-24-21(30-22)15-10-8-9-14(4)11-15/h8-13H,5-7H2,1-4H3,(H,23,25,26). The second-order valence-corrected chi connectivity index (χ2v) is 6.34. The van der Waals surface area contributed by atoms with E-state index in [2.05, 4.69) is 15.5 Å². The molecule has 0 saturated carbocycles. The van der Waals surface area contributed by atoms with Gasteiger partial charge in [-0.05, 0) is 52.0 Å². The van der Waals surface area contributed by atoms with Crippen LogP contribution in [0.4, 0.5) is 6.01 Å². The summed E-state index contributed by atoms with van der Waals surface area (Å²) in [7, 11) is 0. The Labute approximate surface area is 175 Å². The fraction of sp³-hybridized carbons (Fsp3) is 0.318. The summed E-state index contributed by atoms with van der Waals surface area (Å²) < 4.78 is 22.6. The lowest BCUT2D eigenvalue weighted by atomic mass is 10.1. The zero-order valence-electron chi connectivity index (χ0n) is 17.5. The van der Waals surface area contributed by atoms with Crippen LogP contribution in [-0.4, -0.2) is 35.9 Å².